The number of nitrogens with two attached hydrogens (primary N) is 1. The van der Waals surface area contributed by atoms with Gasteiger partial charge in [-0.15, -0.1) is 0 Å². The fourth-order valence-corrected chi connectivity index (χ4v) is 8.19. The number of allylic oxidation sites excluding steroid dienone is 1. The largest absolute Gasteiger partial charge is 0.496 e. The first kappa shape index (κ1) is 35.0. The molecule has 0 radical (unpaired) electrons. The minimum absolute atomic E-state index is 0.0247. The highest BCUT2D eigenvalue weighted by molar-refractivity contribution is 6.09. The molecular weight excluding hydrogens is 649 g/mol. The predicted molar refractivity (Wildman–Crippen MR) is 208 cm³/mol. The van der Waals surface area contributed by atoms with E-state index in [1.807, 2.05) is 40.1 Å². The van der Waals surface area contributed by atoms with Crippen molar-refractivity contribution in [1.82, 2.24) is 9.80 Å². The van der Waals surface area contributed by atoms with Crippen LogP contribution in [0, 0.1) is 10.8 Å². The minimum Gasteiger partial charge on any atom is -0.496 e. The highest BCUT2D eigenvalue weighted by atomic mass is 16.5. The Morgan fingerprint density at radius 2 is 1.40 bits per heavy atom. The third kappa shape index (κ3) is 7.05. The maximum atomic E-state index is 13.9. The number of amides is 2. The van der Waals surface area contributed by atoms with Crippen molar-refractivity contribution in [2.45, 2.75) is 25.2 Å². The van der Waals surface area contributed by atoms with Gasteiger partial charge in [-0.3, -0.25) is 14.5 Å². The summed E-state index contributed by atoms with van der Waals surface area (Å²) >= 11 is 0. The van der Waals surface area contributed by atoms with Gasteiger partial charge in [0.15, 0.2) is 0 Å². The van der Waals surface area contributed by atoms with Crippen molar-refractivity contribution in [2.75, 3.05) is 69.3 Å². The van der Waals surface area contributed by atoms with Crippen LogP contribution in [0.15, 0.2) is 109 Å². The fraction of sp³-hybridized carbons (Fsp3) is 0.326. The van der Waals surface area contributed by atoms with Gasteiger partial charge < -0.3 is 30.6 Å². The number of anilines is 2. The van der Waals surface area contributed by atoms with Crippen LogP contribution in [-0.2, 0) is 4.79 Å². The average molecular weight is 697 g/mol. The summed E-state index contributed by atoms with van der Waals surface area (Å²) in [4.78, 5) is 36.2. The van der Waals surface area contributed by atoms with E-state index in [0.717, 1.165) is 50.5 Å². The summed E-state index contributed by atoms with van der Waals surface area (Å²) in [5.74, 6) is 1.03. The summed E-state index contributed by atoms with van der Waals surface area (Å²) in [5.41, 5.74) is 11.8. The van der Waals surface area contributed by atoms with E-state index in [0.29, 0.717) is 60.8 Å². The monoisotopic (exact) mass is 696 g/mol. The van der Waals surface area contributed by atoms with E-state index in [2.05, 4.69) is 82.6 Å². The van der Waals surface area contributed by atoms with Gasteiger partial charge in [-0.2, -0.15) is 0 Å². The molecule has 3 heterocycles. The molecule has 0 bridgehead atoms. The quantitative estimate of drug-likeness (QED) is 0.190. The van der Waals surface area contributed by atoms with Gasteiger partial charge in [-0.25, -0.2) is 0 Å². The number of benzene rings is 4. The van der Waals surface area contributed by atoms with Crippen molar-refractivity contribution in [3.8, 4) is 5.75 Å². The molecule has 3 fully saturated rings. The molecule has 0 saturated carbocycles. The van der Waals surface area contributed by atoms with Crippen molar-refractivity contribution in [3.63, 3.8) is 0 Å². The van der Waals surface area contributed by atoms with Crippen LogP contribution in [0.25, 0.3) is 5.57 Å². The van der Waals surface area contributed by atoms with E-state index in [1.54, 1.807) is 7.11 Å². The number of nitrogens with one attached hydrogen (secondary N) is 1. The number of methoxy groups -OCH3 is 1. The lowest BCUT2D eigenvalue weighted by atomic mass is 9.77. The Morgan fingerprint density at radius 1 is 0.808 bits per heavy atom. The Bertz CT molecular complexity index is 1860. The molecule has 4 aromatic rings. The van der Waals surface area contributed by atoms with E-state index in [1.165, 1.54) is 23.5 Å². The van der Waals surface area contributed by atoms with Gasteiger partial charge in [0.05, 0.1) is 12.5 Å². The molecule has 9 nitrogen and oxygen atoms in total. The molecule has 0 unspecified atom stereocenters. The maximum Gasteiger partial charge on any atom is 0.253 e. The van der Waals surface area contributed by atoms with Gasteiger partial charge in [0, 0.05) is 105 Å². The number of ether oxygens (including phenoxy) is 1. The van der Waals surface area contributed by atoms with Crippen molar-refractivity contribution in [1.29, 1.82) is 5.41 Å². The fourth-order valence-electron chi connectivity index (χ4n) is 8.19. The summed E-state index contributed by atoms with van der Waals surface area (Å²) in [6, 6.07) is 35.2. The summed E-state index contributed by atoms with van der Waals surface area (Å²) in [6.07, 6.45) is 4.62. The molecule has 2 amide bonds. The highest BCUT2D eigenvalue weighted by Crippen LogP contribution is 2.44. The number of carbonyl (C=O) groups is 2. The topological polar surface area (TPSA) is 106 Å². The normalized spacial score (nSPS) is 17.9. The van der Waals surface area contributed by atoms with Crippen LogP contribution in [0.1, 0.15) is 52.2 Å². The predicted octanol–water partition coefficient (Wildman–Crippen LogP) is 6.26. The Hall–Kier alpha value is -5.41. The molecule has 0 aliphatic carbocycles. The van der Waals surface area contributed by atoms with Crippen LogP contribution < -0.4 is 20.3 Å². The number of piperidine rings is 1. The van der Waals surface area contributed by atoms with Gasteiger partial charge in [-0.1, -0.05) is 60.7 Å². The van der Waals surface area contributed by atoms with Crippen LogP contribution in [0.4, 0.5) is 11.4 Å². The van der Waals surface area contributed by atoms with Crippen LogP contribution in [0.5, 0.6) is 5.75 Å². The second kappa shape index (κ2) is 15.5. The average Bonchev–Trinajstić information content (AvgIpc) is 3.52. The van der Waals surface area contributed by atoms with Crippen molar-refractivity contribution >= 4 is 35.0 Å². The molecule has 3 N–H and O–H groups in total. The van der Waals surface area contributed by atoms with Gasteiger partial charge in [-0.05, 0) is 66.8 Å². The smallest absolute Gasteiger partial charge is 0.253 e. The number of carbonyl (C=O) groups excluding carboxylic acids is 2. The van der Waals surface area contributed by atoms with Crippen LogP contribution in [-0.4, -0.2) is 87.3 Å². The summed E-state index contributed by atoms with van der Waals surface area (Å²) < 4.78 is 5.58. The summed E-state index contributed by atoms with van der Waals surface area (Å²) in [5, 5.41) is 7.65. The number of nitrogens with zero attached hydrogens (tertiary/aromatic N) is 4. The third-order valence-electron chi connectivity index (χ3n) is 11.4. The van der Waals surface area contributed by atoms with Crippen LogP contribution in [0.3, 0.4) is 0 Å². The van der Waals surface area contributed by atoms with Crippen molar-refractivity contribution in [2.24, 2.45) is 11.1 Å². The van der Waals surface area contributed by atoms with E-state index in [4.69, 9.17) is 15.9 Å². The number of hydrogen-bond acceptors (Lipinski definition) is 7. The van der Waals surface area contributed by atoms with Gasteiger partial charge >= 0.3 is 0 Å². The summed E-state index contributed by atoms with van der Waals surface area (Å²) in [6.45, 7) is 6.57. The molecule has 268 valence electrons. The molecule has 0 atom stereocenters. The van der Waals surface area contributed by atoms with E-state index in [9.17, 15) is 9.59 Å². The Labute approximate surface area is 306 Å². The first-order valence-electron chi connectivity index (χ1n) is 18.3. The maximum absolute atomic E-state index is 13.9. The van der Waals surface area contributed by atoms with E-state index >= 15 is 0 Å². The van der Waals surface area contributed by atoms with E-state index in [-0.39, 0.29) is 11.8 Å². The number of piperazine rings is 1. The lowest BCUT2D eigenvalue weighted by molar-refractivity contribution is -0.127. The lowest BCUT2D eigenvalue weighted by Crippen LogP contribution is -2.47. The molecule has 3 aliphatic heterocycles. The Balaban J connectivity index is 0.927. The minimum atomic E-state index is -0.464. The van der Waals surface area contributed by atoms with Gasteiger partial charge in [0.1, 0.15) is 5.75 Å². The van der Waals surface area contributed by atoms with E-state index < -0.39 is 5.41 Å². The zero-order valence-corrected chi connectivity index (χ0v) is 29.9. The molecule has 7 rings (SSSR count). The number of rotatable bonds is 10. The lowest BCUT2D eigenvalue weighted by Gasteiger charge is -2.38. The van der Waals surface area contributed by atoms with Crippen molar-refractivity contribution in [3.05, 3.63) is 132 Å². The molecule has 52 heavy (non-hydrogen) atoms. The first-order chi connectivity index (χ1) is 25.4. The molecule has 0 aromatic heterocycles. The van der Waals surface area contributed by atoms with Crippen molar-refractivity contribution < 1.29 is 14.3 Å². The number of likely N-dealkylation sites (tertiary alicyclic amines) is 1. The SMILES string of the molecule is COc1cc(N2CCC3(CCN(C(=O)c4ccc(N5CCN(CC(c6ccccc6)c6ccccc6)CC5)cc4)CC3)C2=O)ccc1/C(C=N)=C/N. The first-order valence-corrected chi connectivity index (χ1v) is 18.3. The zero-order chi connectivity index (χ0) is 36.1. The zero-order valence-electron chi connectivity index (χ0n) is 29.9. The van der Waals surface area contributed by atoms with Gasteiger partial charge in [0.2, 0.25) is 5.91 Å². The molecule has 1 spiro atoms. The second-order valence-corrected chi connectivity index (χ2v) is 14.1. The molecule has 9 heteroatoms. The second-order valence-electron chi connectivity index (χ2n) is 14.1. The Kier molecular flexibility index (Phi) is 10.4. The molecular formula is C43H48N6O3. The van der Waals surface area contributed by atoms with Crippen LogP contribution >= 0.6 is 0 Å². The van der Waals surface area contributed by atoms with Gasteiger partial charge in [0.25, 0.3) is 5.91 Å². The molecule has 4 aromatic carbocycles. The Morgan fingerprint density at radius 3 is 1.98 bits per heavy atom. The standard InChI is InChI=1S/C43H48N6O3/c1-52-40-28-37(16-17-38(40)35(29-44)30-45)49-23-20-43(42(49)51)18-21-48(22-19-43)41(50)34-12-14-36(15-13-34)47-26-24-46(25-27-47)31-39(32-8-4-2-5-9-32)33-10-6-3-7-11-33/h2-17,28-30,39,44H,18-27,31,45H2,1H3/b35-30+,44-29?. The molecule has 3 saturated heterocycles. The summed E-state index contributed by atoms with van der Waals surface area (Å²) in [7, 11) is 1.57. The molecule has 3 aliphatic rings. The van der Waals surface area contributed by atoms with Crippen LogP contribution in [0.2, 0.25) is 0 Å². The number of hydrogen-bond donors (Lipinski definition) is 2. The third-order valence-corrected chi connectivity index (χ3v) is 11.4. The highest BCUT2D eigenvalue weighted by Gasteiger charge is 2.49.